The normalized spacial score (nSPS) is 18.9. The van der Waals surface area contributed by atoms with Gasteiger partial charge in [-0.2, -0.15) is 4.31 Å². The summed E-state index contributed by atoms with van der Waals surface area (Å²) in [6.45, 7) is 0.448. The van der Waals surface area contributed by atoms with E-state index < -0.39 is 16.0 Å². The molecule has 0 bridgehead atoms. The molecule has 1 fully saturated rings. The highest BCUT2D eigenvalue weighted by Gasteiger charge is 2.35. The number of benzene rings is 1. The molecule has 24 heavy (non-hydrogen) atoms. The van der Waals surface area contributed by atoms with E-state index >= 15 is 0 Å². The van der Waals surface area contributed by atoms with Gasteiger partial charge in [-0.3, -0.25) is 4.79 Å². The Morgan fingerprint density at radius 2 is 1.92 bits per heavy atom. The van der Waals surface area contributed by atoms with Gasteiger partial charge < -0.3 is 9.64 Å². The predicted octanol–water partition coefficient (Wildman–Crippen LogP) is 0.962. The molecule has 1 atom stereocenters. The number of rotatable bonds is 4. The highest BCUT2D eigenvalue weighted by atomic mass is 32.2. The molecule has 1 aliphatic rings. The van der Waals surface area contributed by atoms with E-state index in [-0.39, 0.29) is 28.8 Å². The van der Waals surface area contributed by atoms with Crippen molar-refractivity contribution in [2.75, 3.05) is 34.3 Å². The van der Waals surface area contributed by atoms with Crippen LogP contribution in [0.15, 0.2) is 29.2 Å². The van der Waals surface area contributed by atoms with Crippen molar-refractivity contribution in [1.29, 1.82) is 0 Å². The van der Waals surface area contributed by atoms with E-state index in [0.29, 0.717) is 19.4 Å². The number of methoxy groups -OCH3 is 1. The van der Waals surface area contributed by atoms with Crippen molar-refractivity contribution < 1.29 is 22.7 Å². The van der Waals surface area contributed by atoms with Crippen LogP contribution >= 0.6 is 0 Å². The minimum absolute atomic E-state index is 0.000981. The van der Waals surface area contributed by atoms with Crippen LogP contribution in [0.5, 0.6) is 0 Å². The number of ether oxygens (including phenoxy) is 1. The summed E-state index contributed by atoms with van der Waals surface area (Å²) in [7, 11) is 0.639. The molecule has 1 heterocycles. The van der Waals surface area contributed by atoms with Crippen LogP contribution in [0, 0.1) is 5.92 Å². The summed E-state index contributed by atoms with van der Waals surface area (Å²) in [6, 6.07) is 5.95. The first-order valence-electron chi connectivity index (χ1n) is 7.67. The van der Waals surface area contributed by atoms with Crippen molar-refractivity contribution in [1.82, 2.24) is 9.21 Å². The van der Waals surface area contributed by atoms with Crippen LogP contribution in [0.3, 0.4) is 0 Å². The number of hydrogen-bond acceptors (Lipinski definition) is 5. The van der Waals surface area contributed by atoms with Gasteiger partial charge in [0.1, 0.15) is 0 Å². The van der Waals surface area contributed by atoms with Crippen molar-refractivity contribution >= 4 is 21.9 Å². The number of amides is 1. The first kappa shape index (κ1) is 18.4. The van der Waals surface area contributed by atoms with Gasteiger partial charge in [0.15, 0.2) is 0 Å². The van der Waals surface area contributed by atoms with E-state index in [4.69, 9.17) is 0 Å². The SMILES string of the molecule is COC(=O)c1ccccc1S(=O)(=O)N1CCCC(C(=O)N(C)C)C1. The highest BCUT2D eigenvalue weighted by molar-refractivity contribution is 7.89. The average molecular weight is 354 g/mol. The topological polar surface area (TPSA) is 84.0 Å². The van der Waals surface area contributed by atoms with Crippen LogP contribution in [0.1, 0.15) is 23.2 Å². The summed E-state index contributed by atoms with van der Waals surface area (Å²) >= 11 is 0. The van der Waals surface area contributed by atoms with Crippen LogP contribution in [-0.4, -0.2) is 63.8 Å². The number of nitrogens with zero attached hydrogens (tertiary/aromatic N) is 2. The van der Waals surface area contributed by atoms with Gasteiger partial charge in [-0.05, 0) is 25.0 Å². The molecular formula is C16H22N2O5S. The molecule has 0 aliphatic carbocycles. The molecule has 8 heteroatoms. The monoisotopic (exact) mass is 354 g/mol. The summed E-state index contributed by atoms with van der Waals surface area (Å²) < 4.78 is 31.9. The number of hydrogen-bond donors (Lipinski definition) is 0. The molecule has 0 saturated carbocycles. The molecule has 132 valence electrons. The molecular weight excluding hydrogens is 332 g/mol. The molecule has 0 aromatic heterocycles. The van der Waals surface area contributed by atoms with Crippen molar-refractivity contribution in [3.63, 3.8) is 0 Å². The van der Waals surface area contributed by atoms with Gasteiger partial charge in [0.05, 0.1) is 23.5 Å². The molecule has 0 radical (unpaired) electrons. The van der Waals surface area contributed by atoms with E-state index in [0.717, 1.165) is 0 Å². The molecule has 7 nitrogen and oxygen atoms in total. The third-order valence-electron chi connectivity index (χ3n) is 4.08. The Morgan fingerprint density at radius 3 is 2.54 bits per heavy atom. The fourth-order valence-corrected chi connectivity index (χ4v) is 4.54. The standard InChI is InChI=1S/C16H22N2O5S/c1-17(2)15(19)12-7-6-10-18(11-12)24(21,22)14-9-5-4-8-13(14)16(20)23-3/h4-5,8-9,12H,6-7,10-11H2,1-3H3. The molecule has 0 N–H and O–H groups in total. The molecule has 2 rings (SSSR count). The fourth-order valence-electron chi connectivity index (χ4n) is 2.84. The second kappa shape index (κ2) is 7.31. The zero-order valence-corrected chi connectivity index (χ0v) is 14.9. The lowest BCUT2D eigenvalue weighted by atomic mass is 9.98. The van der Waals surface area contributed by atoms with Crippen molar-refractivity contribution in [2.45, 2.75) is 17.7 Å². The number of piperidine rings is 1. The number of sulfonamides is 1. The second-order valence-electron chi connectivity index (χ2n) is 5.92. The lowest BCUT2D eigenvalue weighted by Gasteiger charge is -2.32. The van der Waals surface area contributed by atoms with Gasteiger partial charge in [-0.1, -0.05) is 12.1 Å². The Morgan fingerprint density at radius 1 is 1.25 bits per heavy atom. The van der Waals surface area contributed by atoms with E-state index in [1.54, 1.807) is 26.2 Å². The maximum absolute atomic E-state index is 13.0. The van der Waals surface area contributed by atoms with Crippen molar-refractivity contribution in [3.8, 4) is 0 Å². The number of carbonyl (C=O) groups is 2. The van der Waals surface area contributed by atoms with Gasteiger partial charge in [0.2, 0.25) is 15.9 Å². The van der Waals surface area contributed by atoms with Gasteiger partial charge in [0.25, 0.3) is 0 Å². The summed E-state index contributed by atoms with van der Waals surface area (Å²) in [5, 5.41) is 0. The Hall–Kier alpha value is -1.93. The Kier molecular flexibility index (Phi) is 5.61. The summed E-state index contributed by atoms with van der Waals surface area (Å²) in [5.74, 6) is -1.16. The fraction of sp³-hybridized carbons (Fsp3) is 0.500. The summed E-state index contributed by atoms with van der Waals surface area (Å²) in [6.07, 6.45) is 1.26. The minimum atomic E-state index is -3.88. The molecule has 1 amide bonds. The van der Waals surface area contributed by atoms with Crippen LogP contribution < -0.4 is 0 Å². The Balaban J connectivity index is 2.34. The first-order chi connectivity index (χ1) is 11.3. The third-order valence-corrected chi connectivity index (χ3v) is 6.01. The van der Waals surface area contributed by atoms with Crippen LogP contribution in [-0.2, 0) is 19.6 Å². The summed E-state index contributed by atoms with van der Waals surface area (Å²) in [4.78, 5) is 25.4. The maximum Gasteiger partial charge on any atom is 0.339 e. The van der Waals surface area contributed by atoms with Gasteiger partial charge >= 0.3 is 5.97 Å². The lowest BCUT2D eigenvalue weighted by Crippen LogP contribution is -2.45. The maximum atomic E-state index is 13.0. The third kappa shape index (κ3) is 3.59. The largest absolute Gasteiger partial charge is 0.465 e. The van der Waals surface area contributed by atoms with E-state index in [9.17, 15) is 18.0 Å². The second-order valence-corrected chi connectivity index (χ2v) is 7.83. The lowest BCUT2D eigenvalue weighted by molar-refractivity contribution is -0.134. The molecule has 1 aliphatic heterocycles. The van der Waals surface area contributed by atoms with E-state index in [1.807, 2.05) is 0 Å². The first-order valence-corrected chi connectivity index (χ1v) is 9.11. The van der Waals surface area contributed by atoms with Crippen LogP contribution in [0.2, 0.25) is 0 Å². The van der Waals surface area contributed by atoms with Gasteiger partial charge in [-0.15, -0.1) is 0 Å². The molecule has 1 saturated heterocycles. The Labute approximate surface area is 142 Å². The Bertz CT molecular complexity index is 730. The smallest absolute Gasteiger partial charge is 0.339 e. The van der Waals surface area contributed by atoms with E-state index in [1.165, 1.54) is 28.4 Å². The molecule has 1 unspecified atom stereocenters. The van der Waals surface area contributed by atoms with Crippen LogP contribution in [0.4, 0.5) is 0 Å². The molecule has 0 spiro atoms. The van der Waals surface area contributed by atoms with Gasteiger partial charge in [-0.25, -0.2) is 13.2 Å². The predicted molar refractivity (Wildman–Crippen MR) is 88.0 cm³/mol. The molecule has 1 aromatic carbocycles. The summed E-state index contributed by atoms with van der Waals surface area (Å²) in [5.41, 5.74) is 0.000981. The number of esters is 1. The zero-order valence-electron chi connectivity index (χ0n) is 14.1. The van der Waals surface area contributed by atoms with Gasteiger partial charge in [0, 0.05) is 27.2 Å². The van der Waals surface area contributed by atoms with E-state index in [2.05, 4.69) is 4.74 Å². The highest BCUT2D eigenvalue weighted by Crippen LogP contribution is 2.26. The van der Waals surface area contributed by atoms with Crippen molar-refractivity contribution in [3.05, 3.63) is 29.8 Å². The van der Waals surface area contributed by atoms with Crippen LogP contribution in [0.25, 0.3) is 0 Å². The molecule has 1 aromatic rings. The zero-order chi connectivity index (χ0) is 17.9. The number of carbonyl (C=O) groups excluding carboxylic acids is 2. The average Bonchev–Trinajstić information content (AvgIpc) is 2.60. The minimum Gasteiger partial charge on any atom is -0.465 e. The quantitative estimate of drug-likeness (QED) is 0.752. The van der Waals surface area contributed by atoms with Crippen molar-refractivity contribution in [2.24, 2.45) is 5.92 Å².